The van der Waals surface area contributed by atoms with Gasteiger partial charge in [-0.1, -0.05) is 48.0 Å². The third-order valence-corrected chi connectivity index (χ3v) is 4.68. The second-order valence-corrected chi connectivity index (χ2v) is 6.43. The van der Waals surface area contributed by atoms with Crippen LogP contribution in [-0.2, 0) is 4.79 Å². The van der Waals surface area contributed by atoms with Crippen molar-refractivity contribution in [3.05, 3.63) is 93.0 Å². The van der Waals surface area contributed by atoms with Crippen molar-refractivity contribution in [1.29, 1.82) is 0 Å². The highest BCUT2D eigenvalue weighted by molar-refractivity contribution is 6.34. The van der Waals surface area contributed by atoms with Crippen LogP contribution in [0.4, 0.5) is 11.4 Å². The number of hydrogen-bond donors (Lipinski definition) is 1. The number of non-ortho nitro benzene ring substituents is 1. The van der Waals surface area contributed by atoms with Crippen LogP contribution in [0.2, 0.25) is 5.02 Å². The maximum Gasteiger partial charge on any atom is 0.271 e. The Bertz CT molecular complexity index is 1020. The van der Waals surface area contributed by atoms with Crippen molar-refractivity contribution in [2.45, 2.75) is 5.92 Å². The van der Waals surface area contributed by atoms with E-state index in [1.165, 1.54) is 18.2 Å². The van der Waals surface area contributed by atoms with Gasteiger partial charge in [-0.15, -0.1) is 0 Å². The van der Waals surface area contributed by atoms with Crippen molar-refractivity contribution < 1.29 is 14.5 Å². The number of nitrogens with one attached hydrogen (secondary N) is 1. The van der Waals surface area contributed by atoms with Crippen molar-refractivity contribution in [1.82, 2.24) is 0 Å². The number of rotatable bonds is 3. The molecule has 1 aliphatic heterocycles. The number of nitro benzene ring substituents is 1. The lowest BCUT2D eigenvalue weighted by atomic mass is 9.87. The van der Waals surface area contributed by atoms with E-state index >= 15 is 0 Å². The Labute approximate surface area is 159 Å². The summed E-state index contributed by atoms with van der Waals surface area (Å²) in [5.41, 5.74) is 1.66. The van der Waals surface area contributed by atoms with Crippen molar-refractivity contribution in [2.75, 3.05) is 5.32 Å². The van der Waals surface area contributed by atoms with Gasteiger partial charge in [0, 0.05) is 23.3 Å². The molecule has 0 fully saturated rings. The first kappa shape index (κ1) is 17.1. The summed E-state index contributed by atoms with van der Waals surface area (Å²) in [7, 11) is 0. The van der Waals surface area contributed by atoms with Crippen LogP contribution in [0, 0.1) is 10.1 Å². The van der Waals surface area contributed by atoms with Crippen molar-refractivity contribution in [3.63, 3.8) is 0 Å². The molecule has 1 aliphatic rings. The van der Waals surface area contributed by atoms with Crippen LogP contribution in [0.5, 0.6) is 11.5 Å². The van der Waals surface area contributed by atoms with Crippen LogP contribution in [-0.4, -0.2) is 10.8 Å². The Morgan fingerprint density at radius 2 is 1.59 bits per heavy atom. The molecule has 0 aromatic heterocycles. The molecule has 27 heavy (non-hydrogen) atoms. The average Bonchev–Trinajstić information content (AvgIpc) is 2.67. The minimum atomic E-state index is -0.586. The maximum atomic E-state index is 13.1. The fourth-order valence-electron chi connectivity index (χ4n) is 3.12. The van der Waals surface area contributed by atoms with Crippen molar-refractivity contribution in [3.8, 4) is 11.5 Å². The number of benzene rings is 3. The summed E-state index contributed by atoms with van der Waals surface area (Å²) in [6, 6.07) is 18.6. The van der Waals surface area contributed by atoms with Crippen LogP contribution in [0.3, 0.4) is 0 Å². The van der Waals surface area contributed by atoms with Gasteiger partial charge in [0.15, 0.2) is 0 Å². The average molecular weight is 381 g/mol. The Morgan fingerprint density at radius 1 is 1.00 bits per heavy atom. The molecule has 7 heteroatoms. The molecular weight excluding hydrogens is 368 g/mol. The number of amides is 1. The number of para-hydroxylation sites is 2. The van der Waals surface area contributed by atoms with Gasteiger partial charge in [0.05, 0.1) is 21.6 Å². The summed E-state index contributed by atoms with van der Waals surface area (Å²) in [5, 5.41) is 13.7. The van der Waals surface area contributed by atoms with E-state index in [2.05, 4.69) is 5.32 Å². The van der Waals surface area contributed by atoms with E-state index in [1.54, 1.807) is 0 Å². The highest BCUT2D eigenvalue weighted by atomic mass is 35.5. The van der Waals surface area contributed by atoms with E-state index in [-0.39, 0.29) is 16.6 Å². The molecule has 6 nitrogen and oxygen atoms in total. The molecule has 0 spiro atoms. The van der Waals surface area contributed by atoms with Crippen LogP contribution >= 0.6 is 11.6 Å². The van der Waals surface area contributed by atoms with Crippen molar-refractivity contribution >= 4 is 28.9 Å². The first-order valence-corrected chi connectivity index (χ1v) is 8.53. The highest BCUT2D eigenvalue weighted by Gasteiger charge is 2.32. The SMILES string of the molecule is O=C(Nc1ccc([N+](=O)[O-])cc1Cl)C1c2ccccc2Oc2ccccc21. The minimum absolute atomic E-state index is 0.103. The fraction of sp³-hybridized carbons (Fsp3) is 0.0500. The Kier molecular flexibility index (Phi) is 4.25. The van der Waals surface area contributed by atoms with Gasteiger partial charge in [-0.3, -0.25) is 14.9 Å². The lowest BCUT2D eigenvalue weighted by molar-refractivity contribution is -0.384. The molecule has 0 bridgehead atoms. The van der Waals surface area contributed by atoms with E-state index in [9.17, 15) is 14.9 Å². The number of carbonyl (C=O) groups excluding carboxylic acids is 1. The predicted molar refractivity (Wildman–Crippen MR) is 102 cm³/mol. The maximum absolute atomic E-state index is 13.1. The van der Waals surface area contributed by atoms with Gasteiger partial charge in [0.2, 0.25) is 5.91 Å². The van der Waals surface area contributed by atoms with E-state index in [0.717, 1.165) is 11.1 Å². The molecule has 3 aromatic carbocycles. The number of hydrogen-bond acceptors (Lipinski definition) is 4. The first-order chi connectivity index (χ1) is 13.0. The molecule has 3 aromatic rings. The van der Waals surface area contributed by atoms with Gasteiger partial charge in [0.25, 0.3) is 5.69 Å². The van der Waals surface area contributed by atoms with Gasteiger partial charge in [0.1, 0.15) is 11.5 Å². The smallest absolute Gasteiger partial charge is 0.271 e. The second kappa shape index (κ2) is 6.74. The molecule has 0 aliphatic carbocycles. The number of nitrogens with zero attached hydrogens (tertiary/aromatic N) is 1. The summed E-state index contributed by atoms with van der Waals surface area (Å²) in [6.45, 7) is 0. The number of halogens is 1. The number of ether oxygens (including phenoxy) is 1. The molecule has 0 saturated heterocycles. The summed E-state index contributed by atoms with van der Waals surface area (Å²) >= 11 is 6.11. The second-order valence-electron chi connectivity index (χ2n) is 6.02. The molecule has 0 unspecified atom stereocenters. The molecule has 0 atom stereocenters. The van der Waals surface area contributed by atoms with Crippen LogP contribution in [0.1, 0.15) is 17.0 Å². The normalized spacial score (nSPS) is 12.5. The molecule has 1 heterocycles. The van der Waals surface area contributed by atoms with Gasteiger partial charge in [-0.05, 0) is 18.2 Å². The molecular formula is C20H13ClN2O4. The third-order valence-electron chi connectivity index (χ3n) is 4.36. The van der Waals surface area contributed by atoms with E-state index in [0.29, 0.717) is 17.2 Å². The summed E-state index contributed by atoms with van der Waals surface area (Å²) in [4.78, 5) is 23.4. The molecule has 0 saturated carbocycles. The van der Waals surface area contributed by atoms with E-state index < -0.39 is 10.8 Å². The third kappa shape index (κ3) is 3.11. The molecule has 0 radical (unpaired) electrons. The molecule has 134 valence electrons. The summed E-state index contributed by atoms with van der Waals surface area (Å²) in [6.07, 6.45) is 0. The summed E-state index contributed by atoms with van der Waals surface area (Å²) < 4.78 is 5.89. The van der Waals surface area contributed by atoms with Gasteiger partial charge in [-0.25, -0.2) is 0 Å². The van der Waals surface area contributed by atoms with Crippen molar-refractivity contribution in [2.24, 2.45) is 0 Å². The minimum Gasteiger partial charge on any atom is -0.457 e. The molecule has 1 amide bonds. The van der Waals surface area contributed by atoms with E-state index in [1.807, 2.05) is 48.5 Å². The Hall–Kier alpha value is -3.38. The lowest BCUT2D eigenvalue weighted by Crippen LogP contribution is -2.25. The molecule has 4 rings (SSSR count). The van der Waals surface area contributed by atoms with Gasteiger partial charge in [-0.2, -0.15) is 0 Å². The first-order valence-electron chi connectivity index (χ1n) is 8.15. The quantitative estimate of drug-likeness (QED) is 0.504. The largest absolute Gasteiger partial charge is 0.457 e. The zero-order valence-corrected chi connectivity index (χ0v) is 14.6. The van der Waals surface area contributed by atoms with Crippen LogP contribution in [0.15, 0.2) is 66.7 Å². The number of fused-ring (bicyclic) bond motifs is 2. The fourth-order valence-corrected chi connectivity index (χ4v) is 3.34. The number of anilines is 1. The monoisotopic (exact) mass is 380 g/mol. The van der Waals surface area contributed by atoms with Crippen LogP contribution < -0.4 is 10.1 Å². The lowest BCUT2D eigenvalue weighted by Gasteiger charge is -2.27. The zero-order chi connectivity index (χ0) is 19.0. The number of nitro groups is 1. The standard InChI is InChI=1S/C20H13ClN2O4/c21-15-11-12(23(25)26)9-10-16(15)22-20(24)19-13-5-1-3-7-17(13)27-18-8-4-2-6-14(18)19/h1-11,19H,(H,22,24). The molecule has 1 N–H and O–H groups in total. The predicted octanol–water partition coefficient (Wildman–Crippen LogP) is 5.12. The van der Waals surface area contributed by atoms with Crippen LogP contribution in [0.25, 0.3) is 0 Å². The highest BCUT2D eigenvalue weighted by Crippen LogP contribution is 2.44. The zero-order valence-electron chi connectivity index (χ0n) is 13.9. The number of carbonyl (C=O) groups is 1. The topological polar surface area (TPSA) is 81.5 Å². The van der Waals surface area contributed by atoms with Gasteiger partial charge < -0.3 is 10.1 Å². The Morgan fingerprint density at radius 3 is 2.15 bits per heavy atom. The summed E-state index contributed by atoms with van der Waals surface area (Å²) in [5.74, 6) is 0.351. The van der Waals surface area contributed by atoms with E-state index in [4.69, 9.17) is 16.3 Å². The Balaban J connectivity index is 1.71. The van der Waals surface area contributed by atoms with Gasteiger partial charge >= 0.3 is 0 Å².